The van der Waals surface area contributed by atoms with Crippen LogP contribution in [-0.4, -0.2) is 80.4 Å². The molecule has 7 N–H and O–H groups in total. The minimum atomic E-state index is -2.14. The van der Waals surface area contributed by atoms with Crippen molar-refractivity contribution in [2.24, 2.45) is 21.5 Å². The van der Waals surface area contributed by atoms with Crippen LogP contribution >= 0.6 is 0 Å². The third kappa shape index (κ3) is 1.73. The number of nitrogens with two attached hydrogens (primary N) is 2. The fourth-order valence-corrected chi connectivity index (χ4v) is 4.08. The maximum atomic E-state index is 11.9. The van der Waals surface area contributed by atoms with Crippen LogP contribution in [0.1, 0.15) is 19.3 Å². The number of amides is 2. The maximum Gasteiger partial charge on any atom is 0.229 e. The van der Waals surface area contributed by atoms with Gasteiger partial charge in [-0.05, 0) is 0 Å². The Morgan fingerprint density at radius 3 is 2.54 bits per heavy atom. The molecule has 11 nitrogen and oxygen atoms in total. The molecule has 1 unspecified atom stereocenters. The monoisotopic (exact) mass is 337 g/mol. The van der Waals surface area contributed by atoms with E-state index in [4.69, 9.17) is 11.5 Å². The maximum absolute atomic E-state index is 11.9. The molecule has 1 spiro atoms. The van der Waals surface area contributed by atoms with Gasteiger partial charge in [0.05, 0.1) is 12.6 Å². The number of likely N-dealkylation sites (tertiary alicyclic amines) is 1. The highest BCUT2D eigenvalue weighted by Gasteiger charge is 2.69. The molecule has 4 heterocycles. The molecule has 11 heteroatoms. The standard InChI is InChI=1S/C13H19N7O4/c14-10-17-9-6(5-19-7(21)1-2-8(19)22)16-11(15)20-4-3-12(23,24)13(9,20)18-10/h6,9,23-24H,1-5H2,(H2,15,16)(H3,14,17,18)/t6-,9-,13?/m0/s1. The van der Waals surface area contributed by atoms with Crippen molar-refractivity contribution in [2.75, 3.05) is 13.1 Å². The summed E-state index contributed by atoms with van der Waals surface area (Å²) in [6, 6.07) is -1.50. The Kier molecular flexibility index (Phi) is 2.89. The number of nitrogens with zero attached hydrogens (tertiary/aromatic N) is 4. The van der Waals surface area contributed by atoms with E-state index in [9.17, 15) is 19.8 Å². The number of hydrogen-bond donors (Lipinski definition) is 5. The van der Waals surface area contributed by atoms with Crippen molar-refractivity contribution in [3.63, 3.8) is 0 Å². The molecule has 130 valence electrons. The zero-order valence-electron chi connectivity index (χ0n) is 12.8. The van der Waals surface area contributed by atoms with Gasteiger partial charge in [-0.25, -0.2) is 9.98 Å². The van der Waals surface area contributed by atoms with E-state index in [1.165, 1.54) is 4.90 Å². The quantitative estimate of drug-likeness (QED) is 0.252. The molecule has 0 aromatic carbocycles. The summed E-state index contributed by atoms with van der Waals surface area (Å²) in [5.74, 6) is -2.57. The third-order valence-electron chi connectivity index (χ3n) is 5.21. The summed E-state index contributed by atoms with van der Waals surface area (Å²) in [4.78, 5) is 35.0. The first kappa shape index (κ1) is 15.1. The van der Waals surface area contributed by atoms with Crippen molar-refractivity contribution in [3.05, 3.63) is 0 Å². The molecule has 0 bridgehead atoms. The summed E-state index contributed by atoms with van der Waals surface area (Å²) >= 11 is 0. The molecule has 0 saturated carbocycles. The molecule has 4 aliphatic rings. The summed E-state index contributed by atoms with van der Waals surface area (Å²) in [6.07, 6.45) is 0.365. The van der Waals surface area contributed by atoms with Crippen LogP contribution in [0.5, 0.6) is 0 Å². The average molecular weight is 337 g/mol. The summed E-state index contributed by atoms with van der Waals surface area (Å²) < 4.78 is 0. The number of carbonyl (C=O) groups excluding carboxylic acids is 2. The molecule has 2 fully saturated rings. The molecule has 4 rings (SSSR count). The molecule has 2 saturated heterocycles. The molecule has 2 amide bonds. The lowest BCUT2D eigenvalue weighted by Crippen LogP contribution is -2.76. The number of rotatable bonds is 2. The number of aliphatic imine (C=N–C) groups is 2. The predicted octanol–water partition coefficient (Wildman–Crippen LogP) is -3.80. The second-order valence-corrected chi connectivity index (χ2v) is 6.52. The zero-order valence-corrected chi connectivity index (χ0v) is 12.8. The molecular formula is C13H19N7O4. The Hall–Kier alpha value is -2.40. The molecular weight excluding hydrogens is 318 g/mol. The zero-order chi connectivity index (χ0) is 17.3. The van der Waals surface area contributed by atoms with Crippen molar-refractivity contribution in [1.29, 1.82) is 0 Å². The van der Waals surface area contributed by atoms with Crippen molar-refractivity contribution >= 4 is 23.7 Å². The highest BCUT2D eigenvalue weighted by molar-refractivity contribution is 6.02. The summed E-state index contributed by atoms with van der Waals surface area (Å²) in [7, 11) is 0. The average Bonchev–Trinajstić information content (AvgIpc) is 3.10. The van der Waals surface area contributed by atoms with Gasteiger partial charge in [0.15, 0.2) is 17.6 Å². The Bertz CT molecular complexity index is 674. The van der Waals surface area contributed by atoms with Crippen molar-refractivity contribution in [3.8, 4) is 0 Å². The normalized spacial score (nSPS) is 37.1. The molecule has 0 aromatic heterocycles. The van der Waals surface area contributed by atoms with E-state index < -0.39 is 23.5 Å². The highest BCUT2D eigenvalue weighted by Crippen LogP contribution is 2.44. The van der Waals surface area contributed by atoms with Crippen molar-refractivity contribution in [2.45, 2.75) is 42.8 Å². The van der Waals surface area contributed by atoms with Gasteiger partial charge in [-0.3, -0.25) is 14.5 Å². The highest BCUT2D eigenvalue weighted by atomic mass is 16.5. The van der Waals surface area contributed by atoms with E-state index in [1.807, 2.05) is 0 Å². The smallest absolute Gasteiger partial charge is 0.229 e. The van der Waals surface area contributed by atoms with E-state index in [2.05, 4.69) is 15.3 Å². The lowest BCUT2D eigenvalue weighted by Gasteiger charge is -2.49. The number of nitrogens with one attached hydrogen (secondary N) is 1. The summed E-state index contributed by atoms with van der Waals surface area (Å²) in [5.41, 5.74) is 10.3. The van der Waals surface area contributed by atoms with Crippen LogP contribution in [0.3, 0.4) is 0 Å². The van der Waals surface area contributed by atoms with Crippen molar-refractivity contribution in [1.82, 2.24) is 15.1 Å². The SMILES string of the molecule is NC1=N[C@H]2[C@H](CN3C(=O)CCC3=O)N=C(N)N3CCC(O)(O)C23N1. The first-order chi connectivity index (χ1) is 11.3. The van der Waals surface area contributed by atoms with Crippen LogP contribution < -0.4 is 16.8 Å². The predicted molar refractivity (Wildman–Crippen MR) is 81.1 cm³/mol. The van der Waals surface area contributed by atoms with Gasteiger partial charge in [0.2, 0.25) is 17.6 Å². The van der Waals surface area contributed by atoms with Gasteiger partial charge < -0.3 is 31.9 Å². The molecule has 3 atom stereocenters. The van der Waals surface area contributed by atoms with Crippen LogP contribution in [0.15, 0.2) is 9.98 Å². The van der Waals surface area contributed by atoms with Gasteiger partial charge in [-0.2, -0.15) is 0 Å². The van der Waals surface area contributed by atoms with Crippen LogP contribution in [0, 0.1) is 0 Å². The fourth-order valence-electron chi connectivity index (χ4n) is 4.08. The van der Waals surface area contributed by atoms with Gasteiger partial charge >= 0.3 is 0 Å². The second kappa shape index (κ2) is 4.57. The molecule has 4 aliphatic heterocycles. The van der Waals surface area contributed by atoms with Crippen LogP contribution in [0.2, 0.25) is 0 Å². The minimum Gasteiger partial charge on any atom is -0.370 e. The number of guanidine groups is 2. The fraction of sp³-hybridized carbons (Fsp3) is 0.692. The van der Waals surface area contributed by atoms with E-state index >= 15 is 0 Å². The lowest BCUT2D eigenvalue weighted by atomic mass is 9.86. The largest absolute Gasteiger partial charge is 0.370 e. The van der Waals surface area contributed by atoms with E-state index in [1.54, 1.807) is 0 Å². The number of aliphatic hydroxyl groups is 2. The van der Waals surface area contributed by atoms with Gasteiger partial charge in [-0.1, -0.05) is 0 Å². The number of imide groups is 1. The van der Waals surface area contributed by atoms with Crippen LogP contribution in [-0.2, 0) is 9.59 Å². The third-order valence-corrected chi connectivity index (χ3v) is 5.21. The van der Waals surface area contributed by atoms with Gasteiger partial charge in [0.25, 0.3) is 0 Å². The first-order valence-electron chi connectivity index (χ1n) is 7.76. The van der Waals surface area contributed by atoms with Crippen LogP contribution in [0.4, 0.5) is 0 Å². The Balaban J connectivity index is 1.73. The number of carbonyl (C=O) groups is 2. The number of hydrogen-bond acceptors (Lipinski definition) is 10. The van der Waals surface area contributed by atoms with Gasteiger partial charge in [0, 0.05) is 25.8 Å². The molecule has 0 aromatic rings. The molecule has 24 heavy (non-hydrogen) atoms. The van der Waals surface area contributed by atoms with E-state index in [0.717, 1.165) is 4.90 Å². The Labute approximate surface area is 137 Å². The second-order valence-electron chi connectivity index (χ2n) is 6.52. The molecule has 0 aliphatic carbocycles. The molecule has 0 radical (unpaired) electrons. The summed E-state index contributed by atoms with van der Waals surface area (Å²) in [6.45, 7) is 0.246. The van der Waals surface area contributed by atoms with E-state index in [0.29, 0.717) is 0 Å². The van der Waals surface area contributed by atoms with E-state index in [-0.39, 0.29) is 56.1 Å². The lowest BCUT2D eigenvalue weighted by molar-refractivity contribution is -0.221. The topological polar surface area (TPSA) is 170 Å². The van der Waals surface area contributed by atoms with Gasteiger partial charge in [-0.15, -0.1) is 0 Å². The van der Waals surface area contributed by atoms with Gasteiger partial charge in [0.1, 0.15) is 6.04 Å². The van der Waals surface area contributed by atoms with Crippen LogP contribution in [0.25, 0.3) is 0 Å². The minimum absolute atomic E-state index is 0.0207. The Morgan fingerprint density at radius 2 is 1.88 bits per heavy atom. The summed E-state index contributed by atoms with van der Waals surface area (Å²) in [5, 5.41) is 23.9. The van der Waals surface area contributed by atoms with Crippen molar-refractivity contribution < 1.29 is 19.8 Å². The first-order valence-corrected chi connectivity index (χ1v) is 7.76. The Morgan fingerprint density at radius 1 is 1.21 bits per heavy atom.